The van der Waals surface area contributed by atoms with Gasteiger partial charge in [-0.2, -0.15) is 0 Å². The summed E-state index contributed by atoms with van der Waals surface area (Å²) in [4.78, 5) is 2.00. The number of nitrogens with zero attached hydrogens (tertiary/aromatic N) is 1. The van der Waals surface area contributed by atoms with E-state index in [0.717, 1.165) is 32.6 Å². The third-order valence-electron chi connectivity index (χ3n) is 0.885. The van der Waals surface area contributed by atoms with Gasteiger partial charge in [-0.1, -0.05) is 0 Å². The third kappa shape index (κ3) is 8.88. The fourth-order valence-corrected chi connectivity index (χ4v) is 2.75. The standard InChI is InChI=1S/C6H3Cl2.C3H9N.Sn.H/c7-5-2-1-3-6(8)4-5;1-4(2)3;;/h2-4H;1-3H3;;. The Kier molecular flexibility index (Phi) is 7.23. The molecule has 0 aliphatic carbocycles. The third-order valence-corrected chi connectivity index (χ3v) is 2.27. The summed E-state index contributed by atoms with van der Waals surface area (Å²) < 4.78 is 1.22. The van der Waals surface area contributed by atoms with Gasteiger partial charge in [0.1, 0.15) is 0 Å². The average molecular weight is 325 g/mol. The molecule has 1 rings (SSSR count). The van der Waals surface area contributed by atoms with Crippen LogP contribution in [-0.2, 0) is 0 Å². The Morgan fingerprint density at radius 2 is 1.31 bits per heavy atom. The van der Waals surface area contributed by atoms with E-state index in [0.29, 0.717) is 0 Å². The number of hydrogen-bond acceptors (Lipinski definition) is 1. The zero-order valence-electron chi connectivity index (χ0n) is 8.01. The van der Waals surface area contributed by atoms with Crippen LogP contribution in [0.3, 0.4) is 0 Å². The Morgan fingerprint density at radius 3 is 1.54 bits per heavy atom. The fourth-order valence-electron chi connectivity index (χ4n) is 0.575. The first-order chi connectivity index (χ1) is 5.91. The molecule has 0 aliphatic heterocycles. The van der Waals surface area contributed by atoms with E-state index in [2.05, 4.69) is 0 Å². The topological polar surface area (TPSA) is 3.24 Å². The molecular formula is C9H13Cl2NSn. The quantitative estimate of drug-likeness (QED) is 0.657. The molecule has 0 heterocycles. The molecule has 0 N–H and O–H groups in total. The molecule has 1 nitrogen and oxygen atoms in total. The predicted octanol–water partition coefficient (Wildman–Crippen LogP) is 1.70. The van der Waals surface area contributed by atoms with Crippen LogP contribution < -0.4 is 3.58 Å². The monoisotopic (exact) mass is 325 g/mol. The van der Waals surface area contributed by atoms with Gasteiger partial charge in [0.05, 0.1) is 0 Å². The summed E-state index contributed by atoms with van der Waals surface area (Å²) in [6.07, 6.45) is 0. The Morgan fingerprint density at radius 1 is 1.00 bits per heavy atom. The normalized spacial score (nSPS) is 9.46. The maximum atomic E-state index is 5.69. The molecule has 1 aromatic rings. The van der Waals surface area contributed by atoms with Gasteiger partial charge < -0.3 is 4.90 Å². The van der Waals surface area contributed by atoms with E-state index < -0.39 is 0 Å². The maximum absolute atomic E-state index is 5.69. The summed E-state index contributed by atoms with van der Waals surface area (Å²) in [5.74, 6) is 0. The van der Waals surface area contributed by atoms with Crippen LogP contribution in [0.4, 0.5) is 0 Å². The number of halogens is 2. The van der Waals surface area contributed by atoms with E-state index >= 15 is 0 Å². The molecular weight excluding hydrogens is 312 g/mol. The summed E-state index contributed by atoms with van der Waals surface area (Å²) in [5.41, 5.74) is 0. The van der Waals surface area contributed by atoms with Gasteiger partial charge in [0.25, 0.3) is 0 Å². The van der Waals surface area contributed by atoms with Gasteiger partial charge in [0.2, 0.25) is 0 Å². The molecule has 0 saturated heterocycles. The van der Waals surface area contributed by atoms with Gasteiger partial charge in [0, 0.05) is 0 Å². The van der Waals surface area contributed by atoms with Gasteiger partial charge in [-0.3, -0.25) is 0 Å². The summed E-state index contributed by atoms with van der Waals surface area (Å²) >= 11 is 12.4. The average Bonchev–Trinajstić information content (AvgIpc) is 1.80. The van der Waals surface area contributed by atoms with Crippen molar-refractivity contribution in [2.45, 2.75) is 0 Å². The van der Waals surface area contributed by atoms with E-state index in [1.165, 1.54) is 3.58 Å². The van der Waals surface area contributed by atoms with E-state index in [9.17, 15) is 0 Å². The fraction of sp³-hybridized carbons (Fsp3) is 0.333. The Hall–Kier alpha value is 0.559. The molecule has 0 amide bonds. The second-order valence-corrected chi connectivity index (χ2v) is 5.82. The molecule has 0 aromatic heterocycles. The van der Waals surface area contributed by atoms with Gasteiger partial charge in [-0.15, -0.1) is 0 Å². The van der Waals surface area contributed by atoms with Crippen LogP contribution in [0.1, 0.15) is 0 Å². The van der Waals surface area contributed by atoms with Crippen LogP contribution in [0.2, 0.25) is 10.0 Å². The molecule has 0 fully saturated rings. The summed E-state index contributed by atoms with van der Waals surface area (Å²) in [7, 11) is 6.00. The molecule has 13 heavy (non-hydrogen) atoms. The Balaban J connectivity index is 0.000000310. The first-order valence-electron chi connectivity index (χ1n) is 3.74. The van der Waals surface area contributed by atoms with E-state index in [-0.39, 0.29) is 0 Å². The zero-order chi connectivity index (χ0) is 10.4. The van der Waals surface area contributed by atoms with Crippen LogP contribution in [-0.4, -0.2) is 48.6 Å². The second-order valence-electron chi connectivity index (χ2n) is 3.04. The van der Waals surface area contributed by atoms with Crippen molar-refractivity contribution in [2.75, 3.05) is 21.1 Å². The molecule has 0 bridgehead atoms. The molecule has 0 atom stereocenters. The minimum atomic E-state index is 0.727. The van der Waals surface area contributed by atoms with Crippen molar-refractivity contribution in [1.82, 2.24) is 4.90 Å². The first-order valence-corrected chi connectivity index (χ1v) is 6.14. The molecule has 0 spiro atoms. The van der Waals surface area contributed by atoms with Crippen molar-refractivity contribution in [3.05, 3.63) is 28.2 Å². The van der Waals surface area contributed by atoms with E-state index in [4.69, 9.17) is 23.2 Å². The van der Waals surface area contributed by atoms with Gasteiger partial charge >= 0.3 is 77.6 Å². The van der Waals surface area contributed by atoms with Crippen LogP contribution in [0.5, 0.6) is 0 Å². The van der Waals surface area contributed by atoms with E-state index in [1.807, 2.05) is 38.2 Å². The second kappa shape index (κ2) is 6.93. The molecule has 72 valence electrons. The molecule has 1 aromatic carbocycles. The number of hydrogen-bond donors (Lipinski definition) is 0. The predicted molar refractivity (Wildman–Crippen MR) is 62.9 cm³/mol. The first kappa shape index (κ1) is 13.6. The van der Waals surface area contributed by atoms with Crippen molar-refractivity contribution < 1.29 is 0 Å². The van der Waals surface area contributed by atoms with Crippen LogP contribution in [0, 0.1) is 0 Å². The van der Waals surface area contributed by atoms with Crippen molar-refractivity contribution >= 4 is 49.3 Å². The van der Waals surface area contributed by atoms with Crippen molar-refractivity contribution in [2.24, 2.45) is 0 Å². The van der Waals surface area contributed by atoms with Gasteiger partial charge in [-0.25, -0.2) is 0 Å². The Bertz CT molecular complexity index is 211. The van der Waals surface area contributed by atoms with Gasteiger partial charge in [-0.05, 0) is 21.1 Å². The molecule has 0 aliphatic rings. The zero-order valence-corrected chi connectivity index (χ0v) is 12.8. The summed E-state index contributed by atoms with van der Waals surface area (Å²) in [6, 6.07) is 5.59. The van der Waals surface area contributed by atoms with E-state index in [1.54, 1.807) is 6.07 Å². The molecule has 0 saturated carbocycles. The van der Waals surface area contributed by atoms with Crippen molar-refractivity contribution in [3.8, 4) is 0 Å². The molecule has 2 radical (unpaired) electrons. The number of benzene rings is 1. The summed E-state index contributed by atoms with van der Waals surface area (Å²) in [5, 5.41) is 1.45. The van der Waals surface area contributed by atoms with Gasteiger partial charge in [0.15, 0.2) is 0 Å². The van der Waals surface area contributed by atoms with Crippen molar-refractivity contribution in [3.63, 3.8) is 0 Å². The molecule has 4 heteroatoms. The Labute approximate surface area is 103 Å². The molecule has 0 unspecified atom stereocenters. The van der Waals surface area contributed by atoms with Crippen LogP contribution in [0.15, 0.2) is 18.2 Å². The van der Waals surface area contributed by atoms with Crippen molar-refractivity contribution in [1.29, 1.82) is 0 Å². The SMILES string of the molecule is CN(C)C.Clc1cc(Cl)c[c]([SnH])c1. The minimum absolute atomic E-state index is 0.727. The van der Waals surface area contributed by atoms with Crippen LogP contribution >= 0.6 is 23.2 Å². The van der Waals surface area contributed by atoms with Crippen LogP contribution in [0.25, 0.3) is 0 Å². The summed E-state index contributed by atoms with van der Waals surface area (Å²) in [6.45, 7) is 0. The number of rotatable bonds is 0.